The molecule has 55 heavy (non-hydrogen) atoms. The van der Waals surface area contributed by atoms with Gasteiger partial charge in [0.1, 0.15) is 32.8 Å². The summed E-state index contributed by atoms with van der Waals surface area (Å²) in [6.45, 7) is 15.3. The van der Waals surface area contributed by atoms with E-state index in [4.69, 9.17) is 18.9 Å². The van der Waals surface area contributed by atoms with Crippen LogP contribution in [0, 0.1) is 0 Å². The molecule has 0 bridgehead atoms. The zero-order valence-electron chi connectivity index (χ0n) is 30.5. The lowest BCUT2D eigenvalue weighted by Gasteiger charge is -2.19. The number of para-hydroxylation sites is 2. The topological polar surface area (TPSA) is 71.1 Å². The maximum atomic E-state index is 15.1. The Morgan fingerprint density at radius 2 is 0.655 bits per heavy atom. The third-order valence-electron chi connectivity index (χ3n) is 8.57. The number of rotatable bonds is 18. The highest BCUT2D eigenvalue weighted by atomic mass is 32.2. The van der Waals surface area contributed by atoms with E-state index >= 15 is 8.42 Å². The third kappa shape index (κ3) is 9.51. The predicted octanol–water partition coefficient (Wildman–Crippen LogP) is 12.6. The molecule has 0 unspecified atom stereocenters. The fourth-order valence-corrected chi connectivity index (χ4v) is 7.35. The first-order valence-electron chi connectivity index (χ1n) is 17.8. The van der Waals surface area contributed by atoms with Crippen molar-refractivity contribution in [3.63, 3.8) is 0 Å². The van der Waals surface area contributed by atoms with E-state index in [-0.39, 0.29) is 32.8 Å². The number of hydrogen-bond acceptors (Lipinski definition) is 6. The Morgan fingerprint density at radius 3 is 0.927 bits per heavy atom. The lowest BCUT2D eigenvalue weighted by molar-refractivity contribution is 0.405. The molecule has 6 nitrogen and oxygen atoms in total. The average Bonchev–Trinajstić information content (AvgIpc) is 3.19. The van der Waals surface area contributed by atoms with E-state index in [1.54, 1.807) is 48.5 Å². The van der Waals surface area contributed by atoms with Crippen molar-refractivity contribution >= 4 is 9.84 Å². The molecule has 0 aliphatic carbocycles. The van der Waals surface area contributed by atoms with E-state index in [2.05, 4.69) is 26.3 Å². The van der Waals surface area contributed by atoms with Gasteiger partial charge in [-0.3, -0.25) is 0 Å². The summed E-state index contributed by atoms with van der Waals surface area (Å²) in [5.74, 6) is 2.30. The summed E-state index contributed by atoms with van der Waals surface area (Å²) in [5.41, 5.74) is 4.19. The van der Waals surface area contributed by atoms with Crippen LogP contribution in [0.25, 0.3) is 0 Å². The minimum atomic E-state index is -4.39. The molecule has 6 aromatic rings. The van der Waals surface area contributed by atoms with Gasteiger partial charge in [-0.2, -0.15) is 0 Å². The Balaban J connectivity index is 1.47. The quantitative estimate of drug-likeness (QED) is 0.0816. The van der Waals surface area contributed by atoms with Crippen LogP contribution in [0.4, 0.5) is 0 Å². The van der Waals surface area contributed by atoms with Crippen molar-refractivity contribution < 1.29 is 27.4 Å². The first-order chi connectivity index (χ1) is 26.8. The van der Waals surface area contributed by atoms with Gasteiger partial charge in [-0.1, -0.05) is 85.0 Å². The zero-order valence-corrected chi connectivity index (χ0v) is 31.3. The van der Waals surface area contributed by atoms with Crippen LogP contribution >= 0.6 is 0 Å². The van der Waals surface area contributed by atoms with Crippen molar-refractivity contribution in [2.45, 2.75) is 35.5 Å². The van der Waals surface area contributed by atoms with Crippen LogP contribution in [-0.2, 0) is 35.5 Å². The summed E-state index contributed by atoms with van der Waals surface area (Å²) in [4.78, 5) is -0.249. The van der Waals surface area contributed by atoms with Gasteiger partial charge in [-0.05, 0) is 121 Å². The van der Waals surface area contributed by atoms with Crippen LogP contribution in [-0.4, -0.2) is 8.42 Å². The molecule has 0 saturated carbocycles. The smallest absolute Gasteiger partial charge is 0.214 e. The summed E-state index contributed by atoms with van der Waals surface area (Å²) >= 11 is 0. The van der Waals surface area contributed by atoms with Crippen molar-refractivity contribution in [2.24, 2.45) is 0 Å². The average molecular weight is 747 g/mol. The second kappa shape index (κ2) is 18.0. The summed E-state index contributed by atoms with van der Waals surface area (Å²) < 4.78 is 55.7. The van der Waals surface area contributed by atoms with E-state index in [1.165, 1.54) is 12.1 Å². The van der Waals surface area contributed by atoms with Crippen LogP contribution < -0.4 is 18.9 Å². The van der Waals surface area contributed by atoms with Crippen molar-refractivity contribution in [1.29, 1.82) is 0 Å². The minimum absolute atomic E-state index is 0.0120. The van der Waals surface area contributed by atoms with Gasteiger partial charge < -0.3 is 18.9 Å². The van der Waals surface area contributed by atoms with Crippen LogP contribution in [0.15, 0.2) is 194 Å². The highest BCUT2D eigenvalue weighted by Gasteiger charge is 2.31. The van der Waals surface area contributed by atoms with Crippen molar-refractivity contribution in [3.8, 4) is 46.0 Å². The Bertz CT molecular complexity index is 2210. The molecule has 0 amide bonds. The molecule has 0 aromatic heterocycles. The second-order valence-electron chi connectivity index (χ2n) is 12.6. The van der Waals surface area contributed by atoms with Crippen LogP contribution in [0.1, 0.15) is 22.3 Å². The molecular formula is C48H42O6S. The SMILES string of the molecule is C=CCc1ccc(Oc2cccc(S(=O)(=O)c3cccc(Oc4ccc(CC=C)cc4)c3Oc3ccc(CC=C)cc3)c2Oc2ccc(CC=C)cc2)cc1. The molecule has 0 atom stereocenters. The van der Waals surface area contributed by atoms with Crippen molar-refractivity contribution in [2.75, 3.05) is 0 Å². The van der Waals surface area contributed by atoms with Crippen LogP contribution in [0.5, 0.6) is 46.0 Å². The highest BCUT2D eigenvalue weighted by molar-refractivity contribution is 7.91. The Kier molecular flexibility index (Phi) is 12.5. The molecule has 0 aliphatic heterocycles. The van der Waals surface area contributed by atoms with E-state index < -0.39 is 9.84 Å². The lowest BCUT2D eigenvalue weighted by atomic mass is 10.1. The normalized spacial score (nSPS) is 10.9. The molecule has 6 aromatic carbocycles. The van der Waals surface area contributed by atoms with Gasteiger partial charge in [-0.15, -0.1) is 26.3 Å². The number of allylic oxidation sites excluding steroid dienone is 4. The number of ether oxygens (including phenoxy) is 4. The zero-order chi connectivity index (χ0) is 38.6. The molecule has 0 aliphatic rings. The minimum Gasteiger partial charge on any atom is -0.453 e. The van der Waals surface area contributed by atoms with E-state index in [0.29, 0.717) is 48.7 Å². The summed E-state index contributed by atoms with van der Waals surface area (Å²) in [6, 6.07) is 39.4. The fourth-order valence-electron chi connectivity index (χ4n) is 5.83. The van der Waals surface area contributed by atoms with Gasteiger partial charge >= 0.3 is 0 Å². The monoisotopic (exact) mass is 746 g/mol. The van der Waals surface area contributed by atoms with Crippen LogP contribution in [0.3, 0.4) is 0 Å². The summed E-state index contributed by atoms with van der Waals surface area (Å²) in [7, 11) is -4.39. The van der Waals surface area contributed by atoms with Gasteiger partial charge in [0, 0.05) is 0 Å². The summed E-state index contributed by atoms with van der Waals surface area (Å²) in [6.07, 6.45) is 10.0. The molecule has 0 saturated heterocycles. The highest BCUT2D eigenvalue weighted by Crippen LogP contribution is 2.47. The Morgan fingerprint density at radius 1 is 0.382 bits per heavy atom. The molecule has 7 heteroatoms. The molecule has 0 spiro atoms. The number of hydrogen-bond donors (Lipinski definition) is 0. The van der Waals surface area contributed by atoms with E-state index in [9.17, 15) is 0 Å². The third-order valence-corrected chi connectivity index (χ3v) is 10.4. The lowest BCUT2D eigenvalue weighted by Crippen LogP contribution is -2.08. The first kappa shape index (κ1) is 38.2. The molecule has 276 valence electrons. The second-order valence-corrected chi connectivity index (χ2v) is 14.5. The number of benzene rings is 6. The molecular weight excluding hydrogens is 705 g/mol. The first-order valence-corrected chi connectivity index (χ1v) is 19.3. The predicted molar refractivity (Wildman–Crippen MR) is 220 cm³/mol. The molecule has 0 N–H and O–H groups in total. The largest absolute Gasteiger partial charge is 0.453 e. The molecule has 0 radical (unpaired) electrons. The molecule has 6 rings (SSSR count). The maximum Gasteiger partial charge on any atom is 0.214 e. The van der Waals surface area contributed by atoms with Gasteiger partial charge in [0.2, 0.25) is 9.84 Å². The fraction of sp³-hybridized carbons (Fsp3) is 0.0833. The van der Waals surface area contributed by atoms with Gasteiger partial charge in [0.15, 0.2) is 23.0 Å². The van der Waals surface area contributed by atoms with E-state index in [1.807, 2.05) is 97.1 Å². The van der Waals surface area contributed by atoms with Crippen LogP contribution in [0.2, 0.25) is 0 Å². The molecule has 0 fully saturated rings. The summed E-state index contributed by atoms with van der Waals surface area (Å²) in [5, 5.41) is 0. The Hall–Kier alpha value is -6.57. The maximum absolute atomic E-state index is 15.1. The standard InChI is InChI=1S/C48H42O6S/c1-5-11-35-19-27-39(28-20-35)51-43-15-9-17-45(47(43)53-41-31-23-37(13-7-3)24-32-41)55(49,50)46-18-10-16-44(52-40-29-21-36(12-6-2)22-30-40)48(46)54-42-33-25-38(14-8-4)26-34-42/h5-10,15-34H,1-4,11-14H2. The van der Waals surface area contributed by atoms with Gasteiger partial charge in [-0.25, -0.2) is 8.42 Å². The van der Waals surface area contributed by atoms with E-state index in [0.717, 1.165) is 22.3 Å². The Labute approximate surface area is 323 Å². The molecule has 0 heterocycles. The van der Waals surface area contributed by atoms with Crippen molar-refractivity contribution in [1.82, 2.24) is 0 Å². The van der Waals surface area contributed by atoms with Gasteiger partial charge in [0.25, 0.3) is 0 Å². The number of sulfone groups is 1. The van der Waals surface area contributed by atoms with Crippen molar-refractivity contribution in [3.05, 3.63) is 206 Å². The van der Waals surface area contributed by atoms with Gasteiger partial charge in [0.05, 0.1) is 0 Å².